The van der Waals surface area contributed by atoms with Gasteiger partial charge in [-0.1, -0.05) is 48.5 Å². The highest BCUT2D eigenvalue weighted by molar-refractivity contribution is 5.92. The molecule has 2 heteroatoms. The molecule has 0 amide bonds. The highest BCUT2D eigenvalue weighted by atomic mass is 15.3. The van der Waals surface area contributed by atoms with E-state index in [1.165, 1.54) is 17.0 Å². The highest BCUT2D eigenvalue weighted by Gasteiger charge is 2.37. The van der Waals surface area contributed by atoms with E-state index in [0.717, 1.165) is 18.7 Å². The minimum absolute atomic E-state index is 0.512. The molecule has 1 saturated heterocycles. The molecule has 2 aliphatic heterocycles. The van der Waals surface area contributed by atoms with Crippen molar-refractivity contribution in [1.82, 2.24) is 4.90 Å². The van der Waals surface area contributed by atoms with E-state index < -0.39 is 0 Å². The molecule has 2 aromatic carbocycles. The van der Waals surface area contributed by atoms with Crippen LogP contribution in [0.25, 0.3) is 0 Å². The topological polar surface area (TPSA) is 15.6 Å². The van der Waals surface area contributed by atoms with Crippen LogP contribution in [0.2, 0.25) is 0 Å². The Morgan fingerprint density at radius 2 is 1.72 bits per heavy atom. The summed E-state index contributed by atoms with van der Waals surface area (Å²) in [6, 6.07) is 19.7. The Morgan fingerprint density at radius 1 is 0.944 bits per heavy atom. The molecule has 2 aliphatic rings. The molecule has 1 fully saturated rings. The number of rotatable bonds is 1. The number of aliphatic imine (C=N–C) groups is 1. The van der Waals surface area contributed by atoms with Gasteiger partial charge in [0, 0.05) is 13.0 Å². The Morgan fingerprint density at radius 3 is 2.61 bits per heavy atom. The molecule has 2 aromatic rings. The molecule has 2 heterocycles. The SMILES string of the molecule is c1ccc([C@@H]2CC3=Nc4ccccc4CN32)cc1. The Bertz CT molecular complexity index is 616. The van der Waals surface area contributed by atoms with Gasteiger partial charge in [-0.25, -0.2) is 4.99 Å². The van der Waals surface area contributed by atoms with E-state index in [2.05, 4.69) is 59.5 Å². The van der Waals surface area contributed by atoms with E-state index in [1.54, 1.807) is 0 Å². The molecule has 0 bridgehead atoms. The standard InChI is InChI=1S/C16H14N2/c1-2-6-12(7-3-1)15-10-16-17-14-9-5-4-8-13(14)11-18(15)16/h1-9,15H,10-11H2/t15-/m0/s1. The minimum Gasteiger partial charge on any atom is -0.348 e. The van der Waals surface area contributed by atoms with Gasteiger partial charge in [0.15, 0.2) is 0 Å². The predicted octanol–water partition coefficient (Wildman–Crippen LogP) is 3.68. The zero-order valence-corrected chi connectivity index (χ0v) is 10.1. The fourth-order valence-corrected chi connectivity index (χ4v) is 2.83. The molecule has 88 valence electrons. The maximum atomic E-state index is 4.73. The monoisotopic (exact) mass is 234 g/mol. The minimum atomic E-state index is 0.512. The second-order valence-corrected chi connectivity index (χ2v) is 4.92. The number of fused-ring (bicyclic) bond motifs is 2. The molecular formula is C16H14N2. The lowest BCUT2D eigenvalue weighted by molar-refractivity contribution is 0.238. The summed E-state index contributed by atoms with van der Waals surface area (Å²) in [6.07, 6.45) is 1.07. The lowest BCUT2D eigenvalue weighted by Gasteiger charge is -2.46. The fraction of sp³-hybridized carbons (Fsp3) is 0.188. The largest absolute Gasteiger partial charge is 0.348 e. The summed E-state index contributed by atoms with van der Waals surface area (Å²) in [5.74, 6) is 1.24. The van der Waals surface area contributed by atoms with Gasteiger partial charge in [-0.3, -0.25) is 0 Å². The molecule has 0 unspecified atom stereocenters. The summed E-state index contributed by atoms with van der Waals surface area (Å²) < 4.78 is 0. The first-order chi connectivity index (χ1) is 8.92. The summed E-state index contributed by atoms with van der Waals surface area (Å²) in [5, 5.41) is 0. The number of para-hydroxylation sites is 1. The van der Waals surface area contributed by atoms with Crippen LogP contribution in [0.5, 0.6) is 0 Å². The van der Waals surface area contributed by atoms with E-state index in [4.69, 9.17) is 4.99 Å². The molecule has 0 saturated carbocycles. The van der Waals surface area contributed by atoms with E-state index in [9.17, 15) is 0 Å². The lowest BCUT2D eigenvalue weighted by atomic mass is 9.91. The number of nitrogens with zero attached hydrogens (tertiary/aromatic N) is 2. The third-order valence-corrected chi connectivity index (χ3v) is 3.85. The van der Waals surface area contributed by atoms with Crippen molar-refractivity contribution in [2.75, 3.05) is 0 Å². The first-order valence-corrected chi connectivity index (χ1v) is 6.39. The van der Waals surface area contributed by atoms with Crippen LogP contribution in [0, 0.1) is 0 Å². The molecule has 0 radical (unpaired) electrons. The molecule has 1 atom stereocenters. The zero-order valence-electron chi connectivity index (χ0n) is 10.1. The van der Waals surface area contributed by atoms with E-state index >= 15 is 0 Å². The number of hydrogen-bond acceptors (Lipinski definition) is 2. The smallest absolute Gasteiger partial charge is 0.108 e. The summed E-state index contributed by atoms with van der Waals surface area (Å²) >= 11 is 0. The molecule has 2 nitrogen and oxygen atoms in total. The second kappa shape index (κ2) is 3.70. The van der Waals surface area contributed by atoms with Crippen molar-refractivity contribution in [2.24, 2.45) is 4.99 Å². The average Bonchev–Trinajstić information content (AvgIpc) is 2.42. The number of amidine groups is 1. The van der Waals surface area contributed by atoms with Crippen molar-refractivity contribution < 1.29 is 0 Å². The van der Waals surface area contributed by atoms with E-state index in [0.29, 0.717) is 6.04 Å². The van der Waals surface area contributed by atoms with Gasteiger partial charge in [-0.05, 0) is 17.2 Å². The lowest BCUT2D eigenvalue weighted by Crippen LogP contribution is -2.47. The normalized spacial score (nSPS) is 20.6. The van der Waals surface area contributed by atoms with E-state index in [1.807, 2.05) is 0 Å². The van der Waals surface area contributed by atoms with Gasteiger partial charge in [0.05, 0.1) is 11.7 Å². The number of hydrogen-bond donors (Lipinski definition) is 0. The van der Waals surface area contributed by atoms with Crippen LogP contribution in [0.3, 0.4) is 0 Å². The predicted molar refractivity (Wildman–Crippen MR) is 72.9 cm³/mol. The summed E-state index contributed by atoms with van der Waals surface area (Å²) in [7, 11) is 0. The first-order valence-electron chi connectivity index (χ1n) is 6.39. The van der Waals surface area contributed by atoms with Crippen molar-refractivity contribution in [2.45, 2.75) is 19.0 Å². The van der Waals surface area contributed by atoms with Crippen LogP contribution in [0.1, 0.15) is 23.6 Å². The van der Waals surface area contributed by atoms with Gasteiger partial charge < -0.3 is 4.90 Å². The Kier molecular flexibility index (Phi) is 2.04. The third kappa shape index (κ3) is 1.39. The number of benzene rings is 2. The van der Waals surface area contributed by atoms with Crippen molar-refractivity contribution in [3.05, 3.63) is 65.7 Å². The molecule has 0 aromatic heterocycles. The van der Waals surface area contributed by atoms with Crippen LogP contribution in [-0.4, -0.2) is 10.7 Å². The van der Waals surface area contributed by atoms with Crippen molar-refractivity contribution in [3.63, 3.8) is 0 Å². The summed E-state index contributed by atoms with van der Waals surface area (Å²) in [6.45, 7) is 0.995. The van der Waals surface area contributed by atoms with Crippen LogP contribution in [-0.2, 0) is 6.54 Å². The van der Waals surface area contributed by atoms with Crippen molar-refractivity contribution >= 4 is 11.5 Å². The van der Waals surface area contributed by atoms with Crippen molar-refractivity contribution in [1.29, 1.82) is 0 Å². The van der Waals surface area contributed by atoms with Gasteiger partial charge >= 0.3 is 0 Å². The van der Waals surface area contributed by atoms with Gasteiger partial charge in [0.1, 0.15) is 5.84 Å². The van der Waals surface area contributed by atoms with Gasteiger partial charge in [0.2, 0.25) is 0 Å². The van der Waals surface area contributed by atoms with Crippen LogP contribution in [0.15, 0.2) is 59.6 Å². The van der Waals surface area contributed by atoms with Crippen LogP contribution >= 0.6 is 0 Å². The maximum Gasteiger partial charge on any atom is 0.108 e. The molecule has 4 rings (SSSR count). The molecule has 0 N–H and O–H groups in total. The van der Waals surface area contributed by atoms with Gasteiger partial charge in [-0.2, -0.15) is 0 Å². The Labute approximate surface area is 107 Å². The summed E-state index contributed by atoms with van der Waals surface area (Å²) in [4.78, 5) is 7.15. The first kappa shape index (κ1) is 9.89. The summed E-state index contributed by atoms with van der Waals surface area (Å²) in [5.41, 5.74) is 3.88. The molecule has 18 heavy (non-hydrogen) atoms. The molecule has 0 aliphatic carbocycles. The Hall–Kier alpha value is -2.09. The van der Waals surface area contributed by atoms with Crippen LogP contribution in [0.4, 0.5) is 5.69 Å². The fourth-order valence-electron chi connectivity index (χ4n) is 2.83. The quantitative estimate of drug-likeness (QED) is 0.735. The average molecular weight is 234 g/mol. The van der Waals surface area contributed by atoms with E-state index in [-0.39, 0.29) is 0 Å². The second-order valence-electron chi connectivity index (χ2n) is 4.92. The molecule has 0 spiro atoms. The Balaban J connectivity index is 1.67. The zero-order chi connectivity index (χ0) is 11.9. The van der Waals surface area contributed by atoms with Crippen LogP contribution < -0.4 is 0 Å². The van der Waals surface area contributed by atoms with Gasteiger partial charge in [-0.15, -0.1) is 0 Å². The molecular weight excluding hydrogens is 220 g/mol. The van der Waals surface area contributed by atoms with Gasteiger partial charge in [0.25, 0.3) is 0 Å². The highest BCUT2D eigenvalue weighted by Crippen LogP contribution is 2.41. The van der Waals surface area contributed by atoms with Crippen molar-refractivity contribution in [3.8, 4) is 0 Å². The third-order valence-electron chi connectivity index (χ3n) is 3.85. The maximum absolute atomic E-state index is 4.73.